The fourth-order valence-corrected chi connectivity index (χ4v) is 1.58. The van der Waals surface area contributed by atoms with Gasteiger partial charge in [-0.25, -0.2) is 4.79 Å². The molecule has 0 radical (unpaired) electrons. The van der Waals surface area contributed by atoms with Crippen molar-refractivity contribution in [2.45, 2.75) is 18.2 Å². The first-order valence-electron chi connectivity index (χ1n) is 5.68. The van der Waals surface area contributed by atoms with E-state index in [1.807, 2.05) is 0 Å². The van der Waals surface area contributed by atoms with Gasteiger partial charge in [-0.3, -0.25) is 14.9 Å². The highest BCUT2D eigenvalue weighted by Gasteiger charge is 2.61. The third-order valence-electron chi connectivity index (χ3n) is 2.79. The fraction of sp³-hybridized carbons (Fsp3) is 0.333. The topological polar surface area (TPSA) is 107 Å². The van der Waals surface area contributed by atoms with Crippen molar-refractivity contribution in [1.82, 2.24) is 0 Å². The van der Waals surface area contributed by atoms with Crippen molar-refractivity contribution in [1.29, 1.82) is 0 Å². The van der Waals surface area contributed by atoms with Crippen LogP contribution in [-0.2, 0) is 9.53 Å². The van der Waals surface area contributed by atoms with Gasteiger partial charge in [-0.05, 0) is 0 Å². The van der Waals surface area contributed by atoms with Crippen LogP contribution in [0.2, 0.25) is 0 Å². The minimum Gasteiger partial charge on any atom is -0.467 e. The van der Waals surface area contributed by atoms with Crippen LogP contribution in [0.3, 0.4) is 0 Å². The highest BCUT2D eigenvalue weighted by Crippen LogP contribution is 2.35. The number of halogens is 3. The standard InChI is InChI=1S/C12H10F3NO6/c1-22-10(18)11(19,12(13,14)15)6-9(17)7-3-2-4-8(5-7)16(20)21/h2-5,19H,6H2,1H3. The summed E-state index contributed by atoms with van der Waals surface area (Å²) in [6.45, 7) is 0. The lowest BCUT2D eigenvalue weighted by Crippen LogP contribution is -2.54. The Morgan fingerprint density at radius 1 is 1.36 bits per heavy atom. The largest absolute Gasteiger partial charge is 0.467 e. The Kier molecular flexibility index (Phi) is 4.87. The van der Waals surface area contributed by atoms with Gasteiger partial charge >= 0.3 is 12.1 Å². The predicted molar refractivity (Wildman–Crippen MR) is 65.1 cm³/mol. The second kappa shape index (κ2) is 6.10. The number of nitro benzene ring substituents is 1. The van der Waals surface area contributed by atoms with Crippen LogP contribution in [-0.4, -0.2) is 40.7 Å². The molecular weight excluding hydrogens is 311 g/mol. The number of benzene rings is 1. The number of alkyl halides is 3. The smallest absolute Gasteiger partial charge is 0.428 e. The van der Waals surface area contributed by atoms with Gasteiger partial charge in [0.1, 0.15) is 0 Å². The van der Waals surface area contributed by atoms with Crippen molar-refractivity contribution in [2.75, 3.05) is 7.11 Å². The van der Waals surface area contributed by atoms with Gasteiger partial charge in [0.05, 0.1) is 18.5 Å². The van der Waals surface area contributed by atoms with Crippen LogP contribution < -0.4 is 0 Å². The predicted octanol–water partition coefficient (Wildman–Crippen LogP) is 1.63. The van der Waals surface area contributed by atoms with Crippen molar-refractivity contribution < 1.29 is 37.5 Å². The summed E-state index contributed by atoms with van der Waals surface area (Å²) in [7, 11) is 0.622. The molecule has 1 aromatic rings. The zero-order valence-corrected chi connectivity index (χ0v) is 11.1. The van der Waals surface area contributed by atoms with E-state index in [-0.39, 0.29) is 0 Å². The summed E-state index contributed by atoms with van der Waals surface area (Å²) in [6.07, 6.45) is -7.10. The van der Waals surface area contributed by atoms with Crippen LogP contribution in [0.5, 0.6) is 0 Å². The van der Waals surface area contributed by atoms with Gasteiger partial charge in [0.2, 0.25) is 0 Å². The molecule has 0 amide bonds. The molecule has 1 N–H and O–H groups in total. The van der Waals surface area contributed by atoms with Gasteiger partial charge in [-0.2, -0.15) is 13.2 Å². The van der Waals surface area contributed by atoms with E-state index in [0.717, 1.165) is 24.3 Å². The van der Waals surface area contributed by atoms with E-state index >= 15 is 0 Å². The summed E-state index contributed by atoms with van der Waals surface area (Å²) < 4.78 is 42.3. The normalized spacial score (nSPS) is 14.0. The number of ketones is 1. The van der Waals surface area contributed by atoms with Crippen LogP contribution in [0, 0.1) is 10.1 Å². The average molecular weight is 321 g/mol. The van der Waals surface area contributed by atoms with Gasteiger partial charge in [0.15, 0.2) is 5.78 Å². The second-order valence-corrected chi connectivity index (χ2v) is 4.26. The third-order valence-corrected chi connectivity index (χ3v) is 2.79. The maximum Gasteiger partial charge on any atom is 0.428 e. The number of carbonyl (C=O) groups excluding carboxylic acids is 2. The summed E-state index contributed by atoms with van der Waals surface area (Å²) in [5.74, 6) is -3.34. The first-order chi connectivity index (χ1) is 10.0. The van der Waals surface area contributed by atoms with Crippen molar-refractivity contribution in [3.05, 3.63) is 39.9 Å². The Morgan fingerprint density at radius 2 is 1.95 bits per heavy atom. The van der Waals surface area contributed by atoms with Crippen molar-refractivity contribution in [3.8, 4) is 0 Å². The molecule has 120 valence electrons. The Morgan fingerprint density at radius 3 is 2.41 bits per heavy atom. The molecule has 0 aromatic heterocycles. The van der Waals surface area contributed by atoms with E-state index in [4.69, 9.17) is 0 Å². The lowest BCUT2D eigenvalue weighted by atomic mass is 9.93. The van der Waals surface area contributed by atoms with Gasteiger partial charge in [0, 0.05) is 17.7 Å². The zero-order valence-electron chi connectivity index (χ0n) is 11.1. The Balaban J connectivity index is 3.15. The van der Waals surface area contributed by atoms with E-state index in [0.29, 0.717) is 7.11 Å². The number of rotatable bonds is 5. The molecule has 0 fully saturated rings. The number of methoxy groups -OCH3 is 1. The van der Waals surface area contributed by atoms with E-state index < -0.39 is 46.1 Å². The highest BCUT2D eigenvalue weighted by atomic mass is 19.4. The summed E-state index contributed by atoms with van der Waals surface area (Å²) in [5, 5.41) is 20.0. The molecule has 0 aliphatic heterocycles. The van der Waals surface area contributed by atoms with E-state index in [2.05, 4.69) is 4.74 Å². The molecule has 22 heavy (non-hydrogen) atoms. The number of non-ortho nitro benzene ring substituents is 1. The molecule has 1 aromatic carbocycles. The quantitative estimate of drug-likeness (QED) is 0.382. The summed E-state index contributed by atoms with van der Waals surface area (Å²) in [6, 6.07) is 3.91. The van der Waals surface area contributed by atoms with E-state index in [1.54, 1.807) is 0 Å². The number of nitrogens with zero attached hydrogens (tertiary/aromatic N) is 1. The monoisotopic (exact) mass is 321 g/mol. The van der Waals surface area contributed by atoms with Crippen molar-refractivity contribution in [2.24, 2.45) is 0 Å². The number of nitro groups is 1. The number of hydrogen-bond acceptors (Lipinski definition) is 6. The highest BCUT2D eigenvalue weighted by molar-refractivity contribution is 6.00. The SMILES string of the molecule is COC(=O)C(O)(CC(=O)c1cccc([N+](=O)[O-])c1)C(F)(F)F. The number of esters is 1. The molecule has 7 nitrogen and oxygen atoms in total. The lowest BCUT2D eigenvalue weighted by Gasteiger charge is -2.26. The fourth-order valence-electron chi connectivity index (χ4n) is 1.58. The molecule has 0 bridgehead atoms. The molecule has 0 saturated carbocycles. The minimum atomic E-state index is -5.45. The molecule has 1 unspecified atom stereocenters. The summed E-state index contributed by atoms with van der Waals surface area (Å²) in [5.41, 5.74) is -4.98. The molecule has 1 atom stereocenters. The maximum absolute atomic E-state index is 12.8. The number of carbonyl (C=O) groups is 2. The molecule has 10 heteroatoms. The number of Topliss-reactive ketones (excluding diaryl/α,β-unsaturated/α-hetero) is 1. The number of aliphatic hydroxyl groups is 1. The molecule has 0 heterocycles. The van der Waals surface area contributed by atoms with Crippen molar-refractivity contribution >= 4 is 17.4 Å². The average Bonchev–Trinajstić information content (AvgIpc) is 2.44. The van der Waals surface area contributed by atoms with Crippen LogP contribution in [0.15, 0.2) is 24.3 Å². The second-order valence-electron chi connectivity index (χ2n) is 4.26. The molecule has 1 rings (SSSR count). The lowest BCUT2D eigenvalue weighted by molar-refractivity contribution is -0.384. The summed E-state index contributed by atoms with van der Waals surface area (Å²) in [4.78, 5) is 32.7. The molecule has 0 saturated heterocycles. The van der Waals surface area contributed by atoms with Crippen molar-refractivity contribution in [3.63, 3.8) is 0 Å². The van der Waals surface area contributed by atoms with E-state index in [1.165, 1.54) is 0 Å². The Bertz CT molecular complexity index is 615. The van der Waals surface area contributed by atoms with Gasteiger partial charge in [0.25, 0.3) is 11.3 Å². The summed E-state index contributed by atoms with van der Waals surface area (Å²) >= 11 is 0. The van der Waals surface area contributed by atoms with Crippen LogP contribution in [0.4, 0.5) is 18.9 Å². The Hall–Kier alpha value is -2.49. The molecule has 0 aliphatic carbocycles. The minimum absolute atomic E-state index is 0.444. The van der Waals surface area contributed by atoms with Gasteiger partial charge < -0.3 is 9.84 Å². The molecule has 0 spiro atoms. The van der Waals surface area contributed by atoms with Gasteiger partial charge in [-0.1, -0.05) is 12.1 Å². The van der Waals surface area contributed by atoms with E-state index in [9.17, 15) is 38.0 Å². The van der Waals surface area contributed by atoms with Gasteiger partial charge in [-0.15, -0.1) is 0 Å². The molecular formula is C12H10F3NO6. The third kappa shape index (κ3) is 3.39. The van der Waals surface area contributed by atoms with Crippen LogP contribution >= 0.6 is 0 Å². The first kappa shape index (κ1) is 17.6. The molecule has 0 aliphatic rings. The Labute approximate surface area is 121 Å². The first-order valence-corrected chi connectivity index (χ1v) is 5.68. The number of ether oxygens (including phenoxy) is 1. The zero-order chi connectivity index (χ0) is 17.1. The van der Waals surface area contributed by atoms with Crippen LogP contribution in [0.1, 0.15) is 16.8 Å². The maximum atomic E-state index is 12.8. The number of hydrogen-bond donors (Lipinski definition) is 1. The van der Waals surface area contributed by atoms with Crippen LogP contribution in [0.25, 0.3) is 0 Å².